The van der Waals surface area contributed by atoms with Crippen molar-refractivity contribution in [1.29, 1.82) is 0 Å². The van der Waals surface area contributed by atoms with E-state index in [1.807, 2.05) is 11.5 Å². The maximum absolute atomic E-state index is 12.4. The van der Waals surface area contributed by atoms with E-state index in [1.54, 1.807) is 11.2 Å². The van der Waals surface area contributed by atoms with Gasteiger partial charge in [0.15, 0.2) is 11.7 Å². The minimum Gasteiger partial charge on any atom is -0.409 e. The van der Waals surface area contributed by atoms with Crippen molar-refractivity contribution in [2.45, 2.75) is 32.9 Å². The Bertz CT molecular complexity index is 483. The topological polar surface area (TPSA) is 110 Å². The average molecular weight is 266 g/mol. The second-order valence-corrected chi connectivity index (χ2v) is 4.57. The van der Waals surface area contributed by atoms with Crippen LogP contribution in [0.1, 0.15) is 25.6 Å². The molecular weight excluding hydrogens is 248 g/mol. The van der Waals surface area contributed by atoms with E-state index < -0.39 is 5.92 Å². The number of nitrogens with zero attached hydrogens (tertiary/aromatic N) is 5. The van der Waals surface area contributed by atoms with Gasteiger partial charge in [0, 0.05) is 13.1 Å². The van der Waals surface area contributed by atoms with Crippen LogP contribution in [-0.4, -0.2) is 43.2 Å². The van der Waals surface area contributed by atoms with Crippen LogP contribution >= 0.6 is 0 Å². The van der Waals surface area contributed by atoms with Crippen molar-refractivity contribution in [3.05, 3.63) is 12.2 Å². The van der Waals surface area contributed by atoms with Gasteiger partial charge in [-0.1, -0.05) is 18.5 Å². The normalized spacial score (nSPS) is 17.1. The van der Waals surface area contributed by atoms with Gasteiger partial charge in [0.1, 0.15) is 6.33 Å². The smallest absolute Gasteiger partial charge is 0.233 e. The van der Waals surface area contributed by atoms with Gasteiger partial charge in [-0.2, -0.15) is 0 Å². The second kappa shape index (κ2) is 5.68. The van der Waals surface area contributed by atoms with Gasteiger partial charge in [-0.3, -0.25) is 4.79 Å². The molecule has 0 aliphatic carbocycles. The van der Waals surface area contributed by atoms with Crippen LogP contribution in [0.5, 0.6) is 0 Å². The molecule has 0 bridgehead atoms. The maximum Gasteiger partial charge on any atom is 0.233 e. The highest BCUT2D eigenvalue weighted by Gasteiger charge is 2.30. The van der Waals surface area contributed by atoms with Crippen molar-refractivity contribution in [1.82, 2.24) is 19.7 Å². The molecule has 0 saturated carbocycles. The standard InChI is InChI=1S/C11H18N6O2/c1-2-3-8(10(12)15-19)11(18)16-4-5-17-7-13-14-9(17)6-16/h7-8,19H,2-6H2,1H3,(H2,12,15). The molecular formula is C11H18N6O2. The van der Waals surface area contributed by atoms with Gasteiger partial charge in [-0.25, -0.2) is 0 Å². The largest absolute Gasteiger partial charge is 0.409 e. The Hall–Kier alpha value is -2.12. The highest BCUT2D eigenvalue weighted by atomic mass is 16.4. The van der Waals surface area contributed by atoms with Crippen molar-refractivity contribution in [3.8, 4) is 0 Å². The summed E-state index contributed by atoms with van der Waals surface area (Å²) in [5, 5.41) is 19.5. The van der Waals surface area contributed by atoms with E-state index >= 15 is 0 Å². The van der Waals surface area contributed by atoms with Crippen LogP contribution in [0.4, 0.5) is 0 Å². The van der Waals surface area contributed by atoms with Gasteiger partial charge >= 0.3 is 0 Å². The fourth-order valence-electron chi connectivity index (χ4n) is 2.23. The van der Waals surface area contributed by atoms with Crippen molar-refractivity contribution in [3.63, 3.8) is 0 Å². The number of oxime groups is 1. The summed E-state index contributed by atoms with van der Waals surface area (Å²) in [7, 11) is 0. The summed E-state index contributed by atoms with van der Waals surface area (Å²) in [6.07, 6.45) is 3.01. The molecule has 0 fully saturated rings. The number of nitrogens with two attached hydrogens (primary N) is 1. The van der Waals surface area contributed by atoms with Crippen LogP contribution in [0.15, 0.2) is 11.5 Å². The third-order valence-corrected chi connectivity index (χ3v) is 3.30. The molecule has 0 aromatic carbocycles. The fraction of sp³-hybridized carbons (Fsp3) is 0.636. The monoisotopic (exact) mass is 266 g/mol. The quantitative estimate of drug-likeness (QED) is 0.339. The van der Waals surface area contributed by atoms with Crippen LogP contribution in [0, 0.1) is 5.92 Å². The molecule has 0 radical (unpaired) electrons. The van der Waals surface area contributed by atoms with Gasteiger partial charge < -0.3 is 20.4 Å². The highest BCUT2D eigenvalue weighted by Crippen LogP contribution is 2.16. The minimum absolute atomic E-state index is 0.0288. The molecule has 2 rings (SSSR count). The lowest BCUT2D eigenvalue weighted by molar-refractivity contribution is -0.135. The van der Waals surface area contributed by atoms with Gasteiger partial charge in [-0.05, 0) is 6.42 Å². The molecule has 1 atom stereocenters. The van der Waals surface area contributed by atoms with E-state index in [0.29, 0.717) is 26.1 Å². The Kier molecular flexibility index (Phi) is 3.98. The Morgan fingerprint density at radius 2 is 2.42 bits per heavy atom. The Morgan fingerprint density at radius 1 is 1.63 bits per heavy atom. The second-order valence-electron chi connectivity index (χ2n) is 4.57. The van der Waals surface area contributed by atoms with Crippen LogP contribution in [0.3, 0.4) is 0 Å². The fourth-order valence-corrected chi connectivity index (χ4v) is 2.23. The minimum atomic E-state index is -0.565. The molecule has 1 amide bonds. The average Bonchev–Trinajstić information content (AvgIpc) is 2.90. The van der Waals surface area contributed by atoms with Crippen molar-refractivity contribution in [2.24, 2.45) is 16.8 Å². The summed E-state index contributed by atoms with van der Waals surface area (Å²) in [6, 6.07) is 0. The van der Waals surface area contributed by atoms with Gasteiger partial charge in [0.25, 0.3) is 0 Å². The number of carbonyl (C=O) groups is 1. The Morgan fingerprint density at radius 3 is 3.11 bits per heavy atom. The van der Waals surface area contributed by atoms with Crippen molar-refractivity contribution < 1.29 is 10.0 Å². The number of carbonyl (C=O) groups excluding carboxylic acids is 1. The molecule has 19 heavy (non-hydrogen) atoms. The summed E-state index contributed by atoms with van der Waals surface area (Å²) >= 11 is 0. The molecule has 1 aromatic rings. The van der Waals surface area contributed by atoms with E-state index in [9.17, 15) is 4.79 Å². The molecule has 8 nitrogen and oxygen atoms in total. The third kappa shape index (κ3) is 2.67. The zero-order valence-corrected chi connectivity index (χ0v) is 10.9. The lowest BCUT2D eigenvalue weighted by Gasteiger charge is -2.30. The predicted octanol–water partition coefficient (Wildman–Crippen LogP) is -0.217. The Balaban J connectivity index is 2.11. The summed E-state index contributed by atoms with van der Waals surface area (Å²) in [5.74, 6) is 0.0455. The lowest BCUT2D eigenvalue weighted by Crippen LogP contribution is -2.45. The molecule has 8 heteroatoms. The number of hydrogen-bond donors (Lipinski definition) is 2. The van der Waals surface area contributed by atoms with Gasteiger partial charge in [0.05, 0.1) is 12.5 Å². The summed E-state index contributed by atoms with van der Waals surface area (Å²) < 4.78 is 1.92. The summed E-state index contributed by atoms with van der Waals surface area (Å²) in [5.41, 5.74) is 5.60. The van der Waals surface area contributed by atoms with Crippen molar-refractivity contribution in [2.75, 3.05) is 6.54 Å². The van der Waals surface area contributed by atoms with Crippen LogP contribution in [0.2, 0.25) is 0 Å². The lowest BCUT2D eigenvalue weighted by atomic mass is 10.0. The summed E-state index contributed by atoms with van der Waals surface area (Å²) in [4.78, 5) is 14.1. The molecule has 1 aliphatic rings. The number of rotatable bonds is 4. The van der Waals surface area contributed by atoms with E-state index in [1.165, 1.54) is 0 Å². The molecule has 104 valence electrons. The van der Waals surface area contributed by atoms with E-state index in [0.717, 1.165) is 12.2 Å². The van der Waals surface area contributed by atoms with Crippen molar-refractivity contribution >= 4 is 11.7 Å². The number of fused-ring (bicyclic) bond motifs is 1. The molecule has 2 heterocycles. The predicted molar refractivity (Wildman–Crippen MR) is 67.2 cm³/mol. The third-order valence-electron chi connectivity index (χ3n) is 3.30. The van der Waals surface area contributed by atoms with Gasteiger partial charge in [0.2, 0.25) is 5.91 Å². The molecule has 1 aliphatic heterocycles. The Labute approximate surface area is 110 Å². The zero-order valence-electron chi connectivity index (χ0n) is 10.9. The number of amides is 1. The van der Waals surface area contributed by atoms with Gasteiger partial charge in [-0.15, -0.1) is 10.2 Å². The number of amidine groups is 1. The number of hydrogen-bond acceptors (Lipinski definition) is 5. The molecule has 1 aromatic heterocycles. The first-order chi connectivity index (χ1) is 9.17. The van der Waals surface area contributed by atoms with E-state index in [2.05, 4.69) is 15.4 Å². The maximum atomic E-state index is 12.4. The van der Waals surface area contributed by atoms with Crippen LogP contribution in [-0.2, 0) is 17.9 Å². The molecule has 0 spiro atoms. The SMILES string of the molecule is CCCC(C(=O)N1CCn2cnnc2C1)C(N)=NO. The molecule has 1 unspecified atom stereocenters. The highest BCUT2D eigenvalue weighted by molar-refractivity contribution is 6.02. The first kappa shape index (κ1) is 13.3. The van der Waals surface area contributed by atoms with Crippen LogP contribution in [0.25, 0.3) is 0 Å². The first-order valence-electron chi connectivity index (χ1n) is 6.30. The molecule has 3 N–H and O–H groups in total. The first-order valence-corrected chi connectivity index (χ1v) is 6.30. The summed E-state index contributed by atoms with van der Waals surface area (Å²) in [6.45, 7) is 3.63. The zero-order chi connectivity index (χ0) is 13.8. The number of aromatic nitrogens is 3. The van der Waals surface area contributed by atoms with E-state index in [4.69, 9.17) is 10.9 Å². The van der Waals surface area contributed by atoms with Crippen LogP contribution < -0.4 is 5.73 Å². The molecule has 0 saturated heterocycles. The van der Waals surface area contributed by atoms with E-state index in [-0.39, 0.29) is 11.7 Å².